The molecule has 1 aliphatic heterocycles. The minimum Gasteiger partial charge on any atom is -0.409 e. The molecule has 16 heavy (non-hydrogen) atoms. The second-order valence-electron chi connectivity index (χ2n) is 4.87. The molecule has 1 N–H and O–H groups in total. The zero-order valence-electron chi connectivity index (χ0n) is 9.27. The Labute approximate surface area is 98.1 Å². The summed E-state index contributed by atoms with van der Waals surface area (Å²) in [5.41, 5.74) is 2.33. The molecule has 4 nitrogen and oxygen atoms in total. The Morgan fingerprint density at radius 3 is 3.12 bits per heavy atom. The van der Waals surface area contributed by atoms with Gasteiger partial charge in [0.15, 0.2) is 11.0 Å². The molecule has 0 fully saturated rings. The van der Waals surface area contributed by atoms with Gasteiger partial charge < -0.3 is 5.21 Å². The fraction of sp³-hybridized carbons (Fsp3) is 0.455. The molecule has 0 aromatic carbocycles. The molecule has 0 spiro atoms. The number of thioether (sulfide) groups is 1. The molecule has 0 radical (unpaired) electrons. The van der Waals surface area contributed by atoms with Crippen LogP contribution in [0.4, 0.5) is 0 Å². The summed E-state index contributed by atoms with van der Waals surface area (Å²) < 4.78 is 1.99. The first-order valence-electron chi connectivity index (χ1n) is 5.26. The summed E-state index contributed by atoms with van der Waals surface area (Å²) in [7, 11) is 0. The number of fused-ring (bicyclic) bond motifs is 3. The molecular weight excluding hydrogens is 222 g/mol. The van der Waals surface area contributed by atoms with E-state index in [4.69, 9.17) is 5.21 Å². The summed E-state index contributed by atoms with van der Waals surface area (Å²) in [6.45, 7) is 4.40. The van der Waals surface area contributed by atoms with Crippen molar-refractivity contribution in [3.05, 3.63) is 17.5 Å². The van der Waals surface area contributed by atoms with E-state index in [0.29, 0.717) is 11.6 Å². The molecule has 1 aliphatic carbocycles. The van der Waals surface area contributed by atoms with Crippen LogP contribution in [0.3, 0.4) is 0 Å². The highest BCUT2D eigenvalue weighted by Crippen LogP contribution is 2.36. The molecule has 2 aliphatic rings. The number of allylic oxidation sites excluding steroid dienone is 1. The third-order valence-electron chi connectivity index (χ3n) is 2.99. The highest BCUT2D eigenvalue weighted by molar-refractivity contribution is 8.00. The minimum absolute atomic E-state index is 0.150. The number of hydrogen-bond donors (Lipinski definition) is 1. The Bertz CT molecular complexity index is 514. The molecule has 3 rings (SSSR count). The van der Waals surface area contributed by atoms with Crippen LogP contribution in [0, 0.1) is 5.41 Å². The molecular formula is C11H13N3OS. The van der Waals surface area contributed by atoms with E-state index in [1.54, 1.807) is 11.8 Å². The summed E-state index contributed by atoms with van der Waals surface area (Å²) in [4.78, 5) is 4.54. The van der Waals surface area contributed by atoms with Gasteiger partial charge in [0.25, 0.3) is 0 Å². The van der Waals surface area contributed by atoms with Crippen molar-refractivity contribution in [1.82, 2.24) is 9.55 Å². The topological polar surface area (TPSA) is 50.4 Å². The summed E-state index contributed by atoms with van der Waals surface area (Å²) in [5, 5.41) is 13.3. The number of oxime groups is 1. The number of nitrogens with zero attached hydrogens (tertiary/aromatic N) is 3. The predicted molar refractivity (Wildman–Crippen MR) is 64.1 cm³/mol. The van der Waals surface area contributed by atoms with E-state index < -0.39 is 0 Å². The largest absolute Gasteiger partial charge is 0.409 e. The van der Waals surface area contributed by atoms with Crippen molar-refractivity contribution in [3.63, 3.8) is 0 Å². The van der Waals surface area contributed by atoms with E-state index in [1.165, 1.54) is 5.69 Å². The molecule has 0 saturated carbocycles. The number of aromatic nitrogens is 2. The standard InChI is InChI=1S/C11H13N3OS/c1-11(2)4-3-7-8(5-11)14-9(13-15)6-16-10(14)12-7/h3-4,15H,5-6H2,1-2H3/b13-9+. The first-order chi connectivity index (χ1) is 7.61. The van der Waals surface area contributed by atoms with E-state index >= 15 is 0 Å². The zero-order chi connectivity index (χ0) is 11.3. The molecule has 0 unspecified atom stereocenters. The van der Waals surface area contributed by atoms with E-state index in [9.17, 15) is 0 Å². The monoisotopic (exact) mass is 235 g/mol. The lowest BCUT2D eigenvalue weighted by Gasteiger charge is -2.24. The van der Waals surface area contributed by atoms with Gasteiger partial charge in [-0.2, -0.15) is 0 Å². The quantitative estimate of drug-likeness (QED) is 0.554. The van der Waals surface area contributed by atoms with Gasteiger partial charge in [-0.15, -0.1) is 0 Å². The van der Waals surface area contributed by atoms with Crippen LogP contribution in [0.1, 0.15) is 25.2 Å². The smallest absolute Gasteiger partial charge is 0.174 e. The molecule has 5 heteroatoms. The Kier molecular flexibility index (Phi) is 1.95. The van der Waals surface area contributed by atoms with Crippen LogP contribution in [0.15, 0.2) is 16.4 Å². The van der Waals surface area contributed by atoms with Gasteiger partial charge in [0, 0.05) is 0 Å². The van der Waals surface area contributed by atoms with E-state index in [-0.39, 0.29) is 5.41 Å². The Morgan fingerprint density at radius 2 is 2.38 bits per heavy atom. The lowest BCUT2D eigenvalue weighted by molar-refractivity contribution is 0.316. The SMILES string of the molecule is CC1(C)C=Cc2nc3n(c2C1)/C(=N/O)CS3. The van der Waals surface area contributed by atoms with Gasteiger partial charge in [-0.25, -0.2) is 4.98 Å². The maximum Gasteiger partial charge on any atom is 0.174 e. The van der Waals surface area contributed by atoms with Crippen LogP contribution >= 0.6 is 11.8 Å². The summed E-state index contributed by atoms with van der Waals surface area (Å²) in [6.07, 6.45) is 5.20. The van der Waals surface area contributed by atoms with Gasteiger partial charge in [-0.05, 0) is 17.9 Å². The minimum atomic E-state index is 0.150. The molecule has 0 amide bonds. The lowest BCUT2D eigenvalue weighted by atomic mass is 9.83. The van der Waals surface area contributed by atoms with Crippen molar-refractivity contribution in [1.29, 1.82) is 0 Å². The highest BCUT2D eigenvalue weighted by atomic mass is 32.2. The third-order valence-corrected chi connectivity index (χ3v) is 3.93. The second kappa shape index (κ2) is 3.13. The van der Waals surface area contributed by atoms with Gasteiger partial charge in [0.05, 0.1) is 17.1 Å². The first-order valence-corrected chi connectivity index (χ1v) is 6.24. The molecule has 0 bridgehead atoms. The lowest BCUT2D eigenvalue weighted by Crippen LogP contribution is -2.21. The van der Waals surface area contributed by atoms with Crippen LogP contribution in [-0.2, 0) is 6.42 Å². The number of hydrogen-bond acceptors (Lipinski definition) is 4. The number of imidazole rings is 1. The first kappa shape index (κ1) is 9.96. The average Bonchev–Trinajstić information content (AvgIpc) is 2.75. The predicted octanol–water partition coefficient (Wildman–Crippen LogP) is 2.22. The fourth-order valence-corrected chi connectivity index (χ4v) is 3.13. The molecule has 84 valence electrons. The van der Waals surface area contributed by atoms with Crippen molar-refractivity contribution in [2.24, 2.45) is 10.6 Å². The maximum atomic E-state index is 8.97. The normalized spacial score (nSPS) is 23.5. The van der Waals surface area contributed by atoms with Gasteiger partial charge in [0.2, 0.25) is 0 Å². The van der Waals surface area contributed by atoms with Crippen molar-refractivity contribution in [3.8, 4) is 0 Å². The third kappa shape index (κ3) is 1.31. The van der Waals surface area contributed by atoms with Gasteiger partial charge >= 0.3 is 0 Å². The van der Waals surface area contributed by atoms with Crippen LogP contribution in [-0.4, -0.2) is 26.3 Å². The van der Waals surface area contributed by atoms with E-state index in [1.807, 2.05) is 4.57 Å². The van der Waals surface area contributed by atoms with Crippen molar-refractivity contribution < 1.29 is 5.21 Å². The number of rotatable bonds is 0. The summed E-state index contributed by atoms with van der Waals surface area (Å²) in [6, 6.07) is 0. The summed E-state index contributed by atoms with van der Waals surface area (Å²) >= 11 is 1.62. The Balaban J connectivity index is 2.17. The van der Waals surface area contributed by atoms with Gasteiger partial charge in [-0.1, -0.05) is 36.8 Å². The van der Waals surface area contributed by atoms with Crippen LogP contribution in [0.25, 0.3) is 6.08 Å². The molecule has 0 saturated heterocycles. The molecule has 2 heterocycles. The van der Waals surface area contributed by atoms with Crippen molar-refractivity contribution in [2.45, 2.75) is 25.4 Å². The molecule has 1 aromatic rings. The van der Waals surface area contributed by atoms with E-state index in [2.05, 4.69) is 36.1 Å². The molecule has 0 atom stereocenters. The van der Waals surface area contributed by atoms with Crippen molar-refractivity contribution >= 4 is 23.7 Å². The fourth-order valence-electron chi connectivity index (χ4n) is 2.18. The van der Waals surface area contributed by atoms with Crippen LogP contribution in [0.5, 0.6) is 0 Å². The molecule has 1 aromatic heterocycles. The van der Waals surface area contributed by atoms with Crippen molar-refractivity contribution in [2.75, 3.05) is 5.75 Å². The van der Waals surface area contributed by atoms with Gasteiger partial charge in [0.1, 0.15) is 0 Å². The van der Waals surface area contributed by atoms with E-state index in [0.717, 1.165) is 17.3 Å². The van der Waals surface area contributed by atoms with Gasteiger partial charge in [-0.3, -0.25) is 4.57 Å². The summed E-state index contributed by atoms with van der Waals surface area (Å²) in [5.74, 6) is 1.40. The maximum absolute atomic E-state index is 8.97. The van der Waals surface area contributed by atoms with Crippen LogP contribution < -0.4 is 0 Å². The second-order valence-corrected chi connectivity index (χ2v) is 5.81. The Morgan fingerprint density at radius 1 is 1.56 bits per heavy atom. The zero-order valence-corrected chi connectivity index (χ0v) is 10.1. The van der Waals surface area contributed by atoms with Crippen LogP contribution in [0.2, 0.25) is 0 Å². The average molecular weight is 235 g/mol. The highest BCUT2D eigenvalue weighted by Gasteiger charge is 2.31. The Hall–Kier alpha value is -1.23.